The molecule has 2 aromatic carbocycles. The lowest BCUT2D eigenvalue weighted by molar-refractivity contribution is 0.309. The first-order valence-electron chi connectivity index (χ1n) is 6.68. The highest BCUT2D eigenvalue weighted by Gasteiger charge is 2.11. The molecule has 0 spiro atoms. The summed E-state index contributed by atoms with van der Waals surface area (Å²) >= 11 is 4.85. The lowest BCUT2D eigenvalue weighted by Crippen LogP contribution is -2.13. The Morgan fingerprint density at radius 1 is 1.14 bits per heavy atom. The number of hydrogen-bond acceptors (Lipinski definition) is 4. The summed E-state index contributed by atoms with van der Waals surface area (Å²) in [6.45, 7) is 0.371. The molecule has 22 heavy (non-hydrogen) atoms. The van der Waals surface area contributed by atoms with Crippen molar-refractivity contribution in [3.8, 4) is 5.75 Å². The van der Waals surface area contributed by atoms with Gasteiger partial charge in [0.2, 0.25) is 0 Å². The summed E-state index contributed by atoms with van der Waals surface area (Å²) in [5.74, 6) is 0.678. The number of thiocarbonyl (C=S) groups is 1. The van der Waals surface area contributed by atoms with Gasteiger partial charge in [0, 0.05) is 6.07 Å². The maximum Gasteiger partial charge on any atom is 0.197 e. The monoisotopic (exact) mass is 311 g/mol. The van der Waals surface area contributed by atoms with Crippen LogP contribution in [0.1, 0.15) is 11.3 Å². The highest BCUT2D eigenvalue weighted by Crippen LogP contribution is 2.24. The second kappa shape index (κ2) is 5.99. The fourth-order valence-corrected chi connectivity index (χ4v) is 2.26. The molecule has 3 aromatic rings. The van der Waals surface area contributed by atoms with Gasteiger partial charge in [0.05, 0.1) is 0 Å². The van der Waals surface area contributed by atoms with E-state index < -0.39 is 0 Å². The molecule has 0 aliphatic rings. The minimum Gasteiger partial charge on any atom is -0.488 e. The van der Waals surface area contributed by atoms with Crippen LogP contribution in [0.2, 0.25) is 0 Å². The van der Waals surface area contributed by atoms with Crippen LogP contribution in [-0.4, -0.2) is 4.99 Å². The van der Waals surface area contributed by atoms with Crippen LogP contribution >= 0.6 is 12.2 Å². The van der Waals surface area contributed by atoms with E-state index in [0.29, 0.717) is 23.3 Å². The molecule has 5 heteroatoms. The van der Waals surface area contributed by atoms with Gasteiger partial charge >= 0.3 is 0 Å². The van der Waals surface area contributed by atoms with Gasteiger partial charge in [0.1, 0.15) is 28.3 Å². The van der Waals surface area contributed by atoms with E-state index >= 15 is 0 Å². The summed E-state index contributed by atoms with van der Waals surface area (Å²) in [5, 5.41) is 0.387. The number of ether oxygens (including phenoxy) is 1. The SMILES string of the molecule is NC(=S)c1cc(=O)c2c(OCc3ccccc3)cccc2o1. The minimum absolute atomic E-state index is 0.0506. The van der Waals surface area contributed by atoms with Crippen molar-refractivity contribution in [1.82, 2.24) is 0 Å². The Bertz CT molecular complexity index is 887. The Kier molecular flexibility index (Phi) is 3.89. The Morgan fingerprint density at radius 2 is 1.91 bits per heavy atom. The number of hydrogen-bond donors (Lipinski definition) is 1. The molecular weight excluding hydrogens is 298 g/mol. The van der Waals surface area contributed by atoms with Crippen LogP contribution < -0.4 is 15.9 Å². The fourth-order valence-electron chi connectivity index (χ4n) is 2.16. The van der Waals surface area contributed by atoms with Gasteiger partial charge in [-0.3, -0.25) is 4.79 Å². The van der Waals surface area contributed by atoms with Crippen LogP contribution in [0.25, 0.3) is 11.0 Å². The summed E-state index contributed by atoms with van der Waals surface area (Å²) in [7, 11) is 0. The molecule has 0 saturated carbocycles. The molecule has 110 valence electrons. The van der Waals surface area contributed by atoms with Crippen LogP contribution in [0.15, 0.2) is 63.8 Å². The van der Waals surface area contributed by atoms with Crippen LogP contribution in [0.3, 0.4) is 0 Å². The second-order valence-corrected chi connectivity index (χ2v) is 5.18. The zero-order valence-corrected chi connectivity index (χ0v) is 12.4. The largest absolute Gasteiger partial charge is 0.488 e. The predicted molar refractivity (Wildman–Crippen MR) is 89.1 cm³/mol. The Balaban J connectivity index is 2.00. The molecule has 0 fully saturated rings. The van der Waals surface area contributed by atoms with Gasteiger partial charge in [-0.1, -0.05) is 48.6 Å². The Hall–Kier alpha value is -2.66. The van der Waals surface area contributed by atoms with E-state index in [9.17, 15) is 4.79 Å². The zero-order valence-electron chi connectivity index (χ0n) is 11.6. The maximum atomic E-state index is 12.3. The van der Waals surface area contributed by atoms with Crippen molar-refractivity contribution in [2.75, 3.05) is 0 Å². The maximum absolute atomic E-state index is 12.3. The van der Waals surface area contributed by atoms with E-state index in [1.807, 2.05) is 30.3 Å². The van der Waals surface area contributed by atoms with Crippen molar-refractivity contribution in [1.29, 1.82) is 0 Å². The minimum atomic E-state index is -0.229. The predicted octanol–water partition coefficient (Wildman–Crippen LogP) is 3.01. The molecule has 0 saturated heterocycles. The second-order valence-electron chi connectivity index (χ2n) is 4.74. The first-order valence-corrected chi connectivity index (χ1v) is 7.09. The highest BCUT2D eigenvalue weighted by atomic mass is 32.1. The lowest BCUT2D eigenvalue weighted by atomic mass is 10.2. The quantitative estimate of drug-likeness (QED) is 0.750. The Morgan fingerprint density at radius 3 is 2.64 bits per heavy atom. The van der Waals surface area contributed by atoms with E-state index in [2.05, 4.69) is 0 Å². The first kappa shape index (κ1) is 14.3. The molecule has 3 rings (SSSR count). The van der Waals surface area contributed by atoms with E-state index in [0.717, 1.165) is 5.56 Å². The van der Waals surface area contributed by atoms with Crippen molar-refractivity contribution < 1.29 is 9.15 Å². The van der Waals surface area contributed by atoms with Crippen LogP contribution in [0, 0.1) is 0 Å². The van der Waals surface area contributed by atoms with Gasteiger partial charge in [-0.15, -0.1) is 0 Å². The van der Waals surface area contributed by atoms with Crippen LogP contribution in [-0.2, 0) is 6.61 Å². The number of benzene rings is 2. The smallest absolute Gasteiger partial charge is 0.197 e. The highest BCUT2D eigenvalue weighted by molar-refractivity contribution is 7.80. The molecule has 1 heterocycles. The molecule has 1 aromatic heterocycles. The fraction of sp³-hybridized carbons (Fsp3) is 0.0588. The van der Waals surface area contributed by atoms with Crippen LogP contribution in [0.4, 0.5) is 0 Å². The van der Waals surface area contributed by atoms with Crippen molar-refractivity contribution in [3.63, 3.8) is 0 Å². The molecule has 0 bridgehead atoms. The molecule has 2 N–H and O–H groups in total. The molecule has 0 amide bonds. The van der Waals surface area contributed by atoms with Crippen molar-refractivity contribution in [2.45, 2.75) is 6.61 Å². The number of fused-ring (bicyclic) bond motifs is 1. The molecule has 0 atom stereocenters. The summed E-state index contributed by atoms with van der Waals surface area (Å²) in [6.07, 6.45) is 0. The van der Waals surface area contributed by atoms with Crippen molar-refractivity contribution >= 4 is 28.2 Å². The average Bonchev–Trinajstić information content (AvgIpc) is 2.53. The van der Waals surface area contributed by atoms with Crippen LogP contribution in [0.5, 0.6) is 5.75 Å². The van der Waals surface area contributed by atoms with E-state index in [1.165, 1.54) is 6.07 Å². The number of rotatable bonds is 4. The third kappa shape index (κ3) is 2.84. The van der Waals surface area contributed by atoms with Gasteiger partial charge in [0.15, 0.2) is 11.2 Å². The molecule has 0 aliphatic heterocycles. The van der Waals surface area contributed by atoms with Gasteiger partial charge in [-0.05, 0) is 17.7 Å². The van der Waals surface area contributed by atoms with Crippen molar-refractivity contribution in [3.05, 3.63) is 76.1 Å². The van der Waals surface area contributed by atoms with Crippen molar-refractivity contribution in [2.24, 2.45) is 5.73 Å². The molecule has 4 nitrogen and oxygen atoms in total. The normalized spacial score (nSPS) is 10.5. The van der Waals surface area contributed by atoms with Gasteiger partial charge in [-0.2, -0.15) is 0 Å². The van der Waals surface area contributed by atoms with E-state index in [1.54, 1.807) is 18.2 Å². The first-order chi connectivity index (χ1) is 10.6. The summed E-state index contributed by atoms with van der Waals surface area (Å²) in [4.78, 5) is 12.3. The van der Waals surface area contributed by atoms with E-state index in [4.69, 9.17) is 27.1 Å². The molecular formula is C17H13NO3S. The van der Waals surface area contributed by atoms with Gasteiger partial charge < -0.3 is 14.9 Å². The summed E-state index contributed by atoms with van der Waals surface area (Å²) < 4.78 is 11.3. The van der Waals surface area contributed by atoms with Gasteiger partial charge in [0.25, 0.3) is 0 Å². The molecule has 0 unspecified atom stereocenters. The lowest BCUT2D eigenvalue weighted by Gasteiger charge is -2.09. The third-order valence-electron chi connectivity index (χ3n) is 3.20. The van der Waals surface area contributed by atoms with Gasteiger partial charge in [-0.25, -0.2) is 0 Å². The molecule has 0 radical (unpaired) electrons. The molecule has 0 aliphatic carbocycles. The third-order valence-corrected chi connectivity index (χ3v) is 3.40. The summed E-state index contributed by atoms with van der Waals surface area (Å²) in [6, 6.07) is 16.2. The topological polar surface area (TPSA) is 65.5 Å². The van der Waals surface area contributed by atoms with E-state index in [-0.39, 0.29) is 16.2 Å². The zero-order chi connectivity index (χ0) is 15.5. The average molecular weight is 311 g/mol. The number of nitrogens with two attached hydrogens (primary N) is 1. The standard InChI is InChI=1S/C17H13NO3S/c18-17(22)15-9-12(19)16-13(7-4-8-14(16)21-15)20-10-11-5-2-1-3-6-11/h1-9H,10H2,(H2,18,22). The Labute approximate surface area is 132 Å². The summed E-state index contributed by atoms with van der Waals surface area (Å²) in [5.41, 5.74) is 6.71.